The van der Waals surface area contributed by atoms with E-state index in [0.29, 0.717) is 31.0 Å². The predicted molar refractivity (Wildman–Crippen MR) is 139 cm³/mol. The molecule has 0 atom stereocenters. The van der Waals surface area contributed by atoms with Gasteiger partial charge in [0.2, 0.25) is 0 Å². The van der Waals surface area contributed by atoms with Crippen molar-refractivity contribution in [3.05, 3.63) is 70.5 Å². The molecular weight excluding hydrogens is 463 g/mol. The molecule has 0 bridgehead atoms. The van der Waals surface area contributed by atoms with Crippen molar-refractivity contribution in [2.45, 2.75) is 79.2 Å². The second kappa shape index (κ2) is 12.4. The molecule has 0 N–H and O–H groups in total. The van der Waals surface area contributed by atoms with Gasteiger partial charge in [0, 0.05) is 25.2 Å². The van der Waals surface area contributed by atoms with Gasteiger partial charge in [-0.15, -0.1) is 0 Å². The van der Waals surface area contributed by atoms with Gasteiger partial charge >= 0.3 is 6.18 Å². The Balaban J connectivity index is 2.06. The molecule has 7 heteroatoms. The third-order valence-corrected chi connectivity index (χ3v) is 6.44. The maximum Gasteiger partial charge on any atom is 0.435 e. The number of unbranched alkanes of at least 4 members (excludes halogenated alkanes) is 2. The zero-order chi connectivity index (χ0) is 26.3. The first kappa shape index (κ1) is 27.8. The van der Waals surface area contributed by atoms with E-state index in [9.17, 15) is 13.2 Å². The second-order valence-corrected chi connectivity index (χ2v) is 9.43. The molecule has 0 aliphatic carbocycles. The molecular formula is C29H38F3N3O. The van der Waals surface area contributed by atoms with Crippen molar-refractivity contribution in [2.75, 3.05) is 13.7 Å². The minimum atomic E-state index is -4.53. The van der Waals surface area contributed by atoms with E-state index in [0.717, 1.165) is 48.1 Å². The molecule has 0 aliphatic rings. The Labute approximate surface area is 213 Å². The Morgan fingerprint density at radius 1 is 0.944 bits per heavy atom. The molecule has 3 rings (SSSR count). The highest BCUT2D eigenvalue weighted by atomic mass is 19.4. The number of aryl methyl sites for hydroxylation is 2. The fraction of sp³-hybridized carbons (Fsp3) is 0.483. The van der Waals surface area contributed by atoms with Crippen LogP contribution in [0.25, 0.3) is 11.4 Å². The summed E-state index contributed by atoms with van der Waals surface area (Å²) in [6, 6.07) is 13.3. The van der Waals surface area contributed by atoms with Crippen LogP contribution < -0.4 is 4.74 Å². The first-order valence-electron chi connectivity index (χ1n) is 12.8. The Morgan fingerprint density at radius 3 is 2.14 bits per heavy atom. The van der Waals surface area contributed by atoms with Gasteiger partial charge < -0.3 is 9.30 Å². The molecule has 0 radical (unpaired) electrons. The number of halogens is 3. The van der Waals surface area contributed by atoms with Gasteiger partial charge in [-0.05, 0) is 49.9 Å². The summed E-state index contributed by atoms with van der Waals surface area (Å²) >= 11 is 0. The fourth-order valence-electron chi connectivity index (χ4n) is 4.76. The van der Waals surface area contributed by atoms with Crippen molar-refractivity contribution in [1.82, 2.24) is 14.5 Å². The standard InChI is InChI=1S/C29H38F3N3O/c1-6-8-15-34(19-23-17-21(3)26(36-5)22(4)18-23)20-25-27(29(30,31)32)33-28(35(25)16-9-7-2)24-13-11-10-12-14-24/h10-14,17-18H,6-9,15-16,19-20H2,1-5H3. The number of hydrogen-bond acceptors (Lipinski definition) is 3. The van der Waals surface area contributed by atoms with Crippen LogP contribution in [-0.2, 0) is 25.8 Å². The number of imidazole rings is 1. The molecule has 3 aromatic rings. The largest absolute Gasteiger partial charge is 0.496 e. The summed E-state index contributed by atoms with van der Waals surface area (Å²) in [5, 5.41) is 0. The van der Waals surface area contributed by atoms with Crippen LogP contribution in [0.4, 0.5) is 13.2 Å². The second-order valence-electron chi connectivity index (χ2n) is 9.43. The van der Waals surface area contributed by atoms with Crippen LogP contribution in [0.2, 0.25) is 0 Å². The first-order valence-corrected chi connectivity index (χ1v) is 12.8. The molecule has 36 heavy (non-hydrogen) atoms. The fourth-order valence-corrected chi connectivity index (χ4v) is 4.76. The molecule has 0 spiro atoms. The zero-order valence-corrected chi connectivity index (χ0v) is 22.1. The minimum Gasteiger partial charge on any atom is -0.496 e. The predicted octanol–water partition coefficient (Wildman–Crippen LogP) is 7.80. The van der Waals surface area contributed by atoms with Crippen LogP contribution in [0.5, 0.6) is 5.75 Å². The van der Waals surface area contributed by atoms with E-state index in [1.807, 2.05) is 51.1 Å². The molecule has 0 saturated carbocycles. The summed E-state index contributed by atoms with van der Waals surface area (Å²) < 4.78 is 50.2. The van der Waals surface area contributed by atoms with Gasteiger partial charge in [0.15, 0.2) is 5.69 Å². The number of ether oxygens (including phenoxy) is 1. The molecule has 1 aromatic heterocycles. The van der Waals surface area contributed by atoms with Crippen LogP contribution in [0.1, 0.15) is 67.6 Å². The average Bonchev–Trinajstić information content (AvgIpc) is 3.20. The van der Waals surface area contributed by atoms with Gasteiger partial charge in [-0.25, -0.2) is 4.98 Å². The van der Waals surface area contributed by atoms with E-state index < -0.39 is 11.9 Å². The van der Waals surface area contributed by atoms with Gasteiger partial charge in [0.05, 0.1) is 12.8 Å². The summed E-state index contributed by atoms with van der Waals surface area (Å²) in [4.78, 5) is 6.31. The Bertz CT molecular complexity index is 1100. The highest BCUT2D eigenvalue weighted by molar-refractivity contribution is 5.57. The summed E-state index contributed by atoms with van der Waals surface area (Å²) in [6.45, 7) is 10.1. The van der Waals surface area contributed by atoms with Gasteiger partial charge in [-0.1, -0.05) is 69.2 Å². The summed E-state index contributed by atoms with van der Waals surface area (Å²) in [5.41, 5.74) is 3.29. The highest BCUT2D eigenvalue weighted by Crippen LogP contribution is 2.36. The molecule has 0 fully saturated rings. The maximum absolute atomic E-state index is 14.3. The van der Waals surface area contributed by atoms with Crippen molar-refractivity contribution >= 4 is 0 Å². The molecule has 196 valence electrons. The number of rotatable bonds is 12. The van der Waals surface area contributed by atoms with E-state index in [2.05, 4.69) is 28.9 Å². The summed E-state index contributed by atoms with van der Waals surface area (Å²) in [7, 11) is 1.66. The lowest BCUT2D eigenvalue weighted by Crippen LogP contribution is -2.27. The van der Waals surface area contributed by atoms with Gasteiger partial charge in [-0.2, -0.15) is 13.2 Å². The van der Waals surface area contributed by atoms with Crippen molar-refractivity contribution in [3.8, 4) is 17.1 Å². The lowest BCUT2D eigenvalue weighted by molar-refractivity contribution is -0.141. The molecule has 0 aliphatic heterocycles. The number of hydrogen-bond donors (Lipinski definition) is 0. The van der Waals surface area contributed by atoms with E-state index in [1.165, 1.54) is 0 Å². The third kappa shape index (κ3) is 6.69. The monoisotopic (exact) mass is 501 g/mol. The SMILES string of the molecule is CCCCN(Cc1cc(C)c(OC)c(C)c1)Cc1c(C(F)(F)F)nc(-c2ccccc2)n1CCCC. The third-order valence-electron chi connectivity index (χ3n) is 6.44. The number of methoxy groups -OCH3 is 1. The topological polar surface area (TPSA) is 30.3 Å². The van der Waals surface area contributed by atoms with Crippen LogP contribution in [-0.4, -0.2) is 28.1 Å². The number of alkyl halides is 3. The van der Waals surface area contributed by atoms with Crippen molar-refractivity contribution in [2.24, 2.45) is 0 Å². The van der Waals surface area contributed by atoms with Gasteiger partial charge in [0.1, 0.15) is 11.6 Å². The van der Waals surface area contributed by atoms with Crippen molar-refractivity contribution in [3.63, 3.8) is 0 Å². The van der Waals surface area contributed by atoms with Crippen molar-refractivity contribution < 1.29 is 17.9 Å². The highest BCUT2D eigenvalue weighted by Gasteiger charge is 2.39. The van der Waals surface area contributed by atoms with E-state index in [4.69, 9.17) is 4.74 Å². The quantitative estimate of drug-likeness (QED) is 0.254. The summed E-state index contributed by atoms with van der Waals surface area (Å²) in [6.07, 6.45) is -0.985. The minimum absolute atomic E-state index is 0.183. The number of benzene rings is 2. The Morgan fingerprint density at radius 2 is 1.58 bits per heavy atom. The zero-order valence-electron chi connectivity index (χ0n) is 22.1. The molecule has 4 nitrogen and oxygen atoms in total. The van der Waals surface area contributed by atoms with Gasteiger partial charge in [0.25, 0.3) is 0 Å². The van der Waals surface area contributed by atoms with Crippen LogP contribution >= 0.6 is 0 Å². The molecule has 0 amide bonds. The van der Waals surface area contributed by atoms with E-state index in [1.54, 1.807) is 11.7 Å². The Kier molecular flexibility index (Phi) is 9.60. The van der Waals surface area contributed by atoms with Crippen molar-refractivity contribution in [1.29, 1.82) is 0 Å². The van der Waals surface area contributed by atoms with Gasteiger partial charge in [-0.3, -0.25) is 4.90 Å². The summed E-state index contributed by atoms with van der Waals surface area (Å²) in [5.74, 6) is 1.24. The lowest BCUT2D eigenvalue weighted by Gasteiger charge is -2.25. The average molecular weight is 502 g/mol. The van der Waals surface area contributed by atoms with E-state index >= 15 is 0 Å². The van der Waals surface area contributed by atoms with E-state index in [-0.39, 0.29) is 12.2 Å². The Hall–Kier alpha value is -2.80. The number of nitrogens with zero attached hydrogens (tertiary/aromatic N) is 3. The number of aromatic nitrogens is 2. The maximum atomic E-state index is 14.3. The smallest absolute Gasteiger partial charge is 0.435 e. The van der Waals surface area contributed by atoms with Crippen LogP contribution in [0.15, 0.2) is 42.5 Å². The molecule has 1 heterocycles. The lowest BCUT2D eigenvalue weighted by atomic mass is 10.0. The first-order chi connectivity index (χ1) is 17.2. The molecule has 2 aromatic carbocycles. The molecule has 0 unspecified atom stereocenters. The van der Waals surface area contributed by atoms with Crippen LogP contribution in [0, 0.1) is 13.8 Å². The molecule has 0 saturated heterocycles. The normalized spacial score (nSPS) is 11.9. The van der Waals surface area contributed by atoms with Crippen LogP contribution in [0.3, 0.4) is 0 Å².